The molecule has 6 nitrogen and oxygen atoms in total. The topological polar surface area (TPSA) is 75.7 Å². The van der Waals surface area contributed by atoms with Crippen molar-refractivity contribution in [3.63, 3.8) is 0 Å². The summed E-state index contributed by atoms with van der Waals surface area (Å²) in [6.45, 7) is 4.32. The molecule has 0 fully saturated rings. The van der Waals surface area contributed by atoms with Crippen LogP contribution in [0, 0.1) is 0 Å². The highest BCUT2D eigenvalue weighted by Gasteiger charge is 2.28. The molecule has 0 radical (unpaired) electrons. The summed E-state index contributed by atoms with van der Waals surface area (Å²) in [4.78, 5) is 37.5. The van der Waals surface area contributed by atoms with E-state index < -0.39 is 0 Å². The molecule has 0 spiro atoms. The number of nitrogens with one attached hydrogen (secondary N) is 1. The standard InChI is InChI=1S/C18H24N2O4/c1-3-5-6-9-19-17(22)11-20-14-10-13(15(21)4-2)7-8-16(14)24-12-18(20)23/h7-8,10H,3-6,9,11-12H2,1-2H3,(H,19,22). The summed E-state index contributed by atoms with van der Waals surface area (Å²) in [5.74, 6) is 0.00709. The van der Waals surface area contributed by atoms with Gasteiger partial charge in [-0.15, -0.1) is 0 Å². The van der Waals surface area contributed by atoms with Crippen LogP contribution in [0.2, 0.25) is 0 Å². The molecule has 0 aromatic heterocycles. The maximum absolute atomic E-state index is 12.2. The molecular weight excluding hydrogens is 308 g/mol. The molecule has 1 N–H and O–H groups in total. The largest absolute Gasteiger partial charge is 0.482 e. The van der Waals surface area contributed by atoms with Crippen molar-refractivity contribution in [1.82, 2.24) is 5.32 Å². The van der Waals surface area contributed by atoms with Crippen LogP contribution in [0.4, 0.5) is 5.69 Å². The summed E-state index contributed by atoms with van der Waals surface area (Å²) < 4.78 is 5.39. The van der Waals surface area contributed by atoms with Crippen LogP contribution in [0.1, 0.15) is 49.9 Å². The van der Waals surface area contributed by atoms with Crippen LogP contribution in [0.25, 0.3) is 0 Å². The van der Waals surface area contributed by atoms with Gasteiger partial charge in [-0.2, -0.15) is 0 Å². The highest BCUT2D eigenvalue weighted by atomic mass is 16.5. The Kier molecular flexibility index (Phi) is 6.35. The molecule has 0 atom stereocenters. The number of benzene rings is 1. The molecule has 1 aromatic carbocycles. The van der Waals surface area contributed by atoms with E-state index in [1.54, 1.807) is 25.1 Å². The number of Topliss-reactive ketones (excluding diaryl/α,β-unsaturated/α-hetero) is 1. The van der Waals surface area contributed by atoms with Crippen molar-refractivity contribution >= 4 is 23.3 Å². The van der Waals surface area contributed by atoms with E-state index in [2.05, 4.69) is 12.2 Å². The van der Waals surface area contributed by atoms with Gasteiger partial charge in [-0.3, -0.25) is 19.3 Å². The minimum absolute atomic E-state index is 0.0141. The van der Waals surface area contributed by atoms with Gasteiger partial charge in [0.05, 0.1) is 5.69 Å². The Morgan fingerprint density at radius 1 is 1.25 bits per heavy atom. The van der Waals surface area contributed by atoms with Crippen molar-refractivity contribution in [1.29, 1.82) is 0 Å². The average Bonchev–Trinajstić information content (AvgIpc) is 2.60. The molecule has 0 aliphatic carbocycles. The molecule has 2 amide bonds. The van der Waals surface area contributed by atoms with Crippen molar-refractivity contribution in [2.45, 2.75) is 39.5 Å². The Morgan fingerprint density at radius 3 is 2.75 bits per heavy atom. The van der Waals surface area contributed by atoms with Crippen molar-refractivity contribution < 1.29 is 19.1 Å². The first kappa shape index (κ1) is 18.0. The van der Waals surface area contributed by atoms with E-state index in [9.17, 15) is 14.4 Å². The number of ketones is 1. The number of carbonyl (C=O) groups is 3. The highest BCUT2D eigenvalue weighted by molar-refractivity contribution is 6.04. The normalized spacial score (nSPS) is 13.2. The zero-order valence-corrected chi connectivity index (χ0v) is 14.3. The van der Waals surface area contributed by atoms with Crippen LogP contribution in [0.5, 0.6) is 5.75 Å². The summed E-state index contributed by atoms with van der Waals surface area (Å²) in [7, 11) is 0. The fourth-order valence-corrected chi connectivity index (χ4v) is 2.56. The molecule has 2 rings (SSSR count). The average molecular weight is 332 g/mol. The molecule has 6 heteroatoms. The van der Waals surface area contributed by atoms with E-state index in [4.69, 9.17) is 4.74 Å². The van der Waals surface area contributed by atoms with Gasteiger partial charge in [-0.1, -0.05) is 26.7 Å². The van der Waals surface area contributed by atoms with Crippen molar-refractivity contribution in [2.75, 3.05) is 24.6 Å². The monoisotopic (exact) mass is 332 g/mol. The SMILES string of the molecule is CCCCCNC(=O)CN1C(=O)COc2ccc(C(=O)CC)cc21. The number of hydrogen-bond acceptors (Lipinski definition) is 4. The fourth-order valence-electron chi connectivity index (χ4n) is 2.56. The van der Waals surface area contributed by atoms with Crippen LogP contribution < -0.4 is 15.0 Å². The minimum Gasteiger partial charge on any atom is -0.482 e. The number of anilines is 1. The van der Waals surface area contributed by atoms with Gasteiger partial charge in [-0.25, -0.2) is 0 Å². The molecule has 24 heavy (non-hydrogen) atoms. The first-order valence-corrected chi connectivity index (χ1v) is 8.44. The Hall–Kier alpha value is -2.37. The first-order valence-electron chi connectivity index (χ1n) is 8.44. The molecule has 1 aliphatic heterocycles. The molecule has 0 saturated carbocycles. The lowest BCUT2D eigenvalue weighted by Crippen LogP contribution is -2.45. The van der Waals surface area contributed by atoms with Gasteiger partial charge in [0.15, 0.2) is 12.4 Å². The number of nitrogens with zero attached hydrogens (tertiary/aromatic N) is 1. The quantitative estimate of drug-likeness (QED) is 0.585. The smallest absolute Gasteiger partial charge is 0.265 e. The number of ether oxygens (including phenoxy) is 1. The third-order valence-electron chi connectivity index (χ3n) is 3.95. The lowest BCUT2D eigenvalue weighted by atomic mass is 10.1. The summed E-state index contributed by atoms with van der Waals surface area (Å²) in [6, 6.07) is 4.99. The Labute approximate surface area is 142 Å². The van der Waals surface area contributed by atoms with Crippen LogP contribution in [0.3, 0.4) is 0 Å². The molecule has 0 unspecified atom stereocenters. The second-order valence-electron chi connectivity index (χ2n) is 5.78. The van der Waals surface area contributed by atoms with E-state index in [1.807, 2.05) is 0 Å². The van der Waals surface area contributed by atoms with Gasteiger partial charge in [0.1, 0.15) is 12.3 Å². The molecular formula is C18H24N2O4. The van der Waals surface area contributed by atoms with E-state index in [0.29, 0.717) is 30.0 Å². The van der Waals surface area contributed by atoms with Crippen LogP contribution in [0.15, 0.2) is 18.2 Å². The van der Waals surface area contributed by atoms with Crippen LogP contribution >= 0.6 is 0 Å². The molecule has 1 aromatic rings. The Morgan fingerprint density at radius 2 is 2.04 bits per heavy atom. The fraction of sp³-hybridized carbons (Fsp3) is 0.500. The third-order valence-corrected chi connectivity index (χ3v) is 3.95. The van der Waals surface area contributed by atoms with E-state index in [0.717, 1.165) is 19.3 Å². The summed E-state index contributed by atoms with van der Waals surface area (Å²) in [5.41, 5.74) is 0.997. The summed E-state index contributed by atoms with van der Waals surface area (Å²) in [6.07, 6.45) is 3.44. The molecule has 1 heterocycles. The molecule has 130 valence electrons. The van der Waals surface area contributed by atoms with Crippen LogP contribution in [-0.4, -0.2) is 37.3 Å². The number of unbranched alkanes of at least 4 members (excludes halogenated alkanes) is 2. The van der Waals surface area contributed by atoms with Crippen molar-refractivity contribution in [2.24, 2.45) is 0 Å². The summed E-state index contributed by atoms with van der Waals surface area (Å²) in [5, 5.41) is 2.82. The Balaban J connectivity index is 2.11. The van der Waals surface area contributed by atoms with E-state index in [-0.39, 0.29) is 30.7 Å². The molecule has 0 bridgehead atoms. The zero-order chi connectivity index (χ0) is 17.5. The van der Waals surface area contributed by atoms with Crippen molar-refractivity contribution in [3.8, 4) is 5.75 Å². The number of rotatable bonds is 8. The minimum atomic E-state index is -0.285. The molecule has 0 saturated heterocycles. The second-order valence-corrected chi connectivity index (χ2v) is 5.78. The van der Waals surface area contributed by atoms with Gasteiger partial charge < -0.3 is 10.1 Å². The van der Waals surface area contributed by atoms with Gasteiger partial charge >= 0.3 is 0 Å². The maximum Gasteiger partial charge on any atom is 0.265 e. The van der Waals surface area contributed by atoms with Crippen molar-refractivity contribution in [3.05, 3.63) is 23.8 Å². The number of fused-ring (bicyclic) bond motifs is 1. The Bertz CT molecular complexity index is 627. The van der Waals surface area contributed by atoms with Gasteiger partial charge in [0.25, 0.3) is 5.91 Å². The maximum atomic E-state index is 12.2. The zero-order valence-electron chi connectivity index (χ0n) is 14.3. The van der Waals surface area contributed by atoms with E-state index >= 15 is 0 Å². The number of carbonyl (C=O) groups excluding carboxylic acids is 3. The first-order chi connectivity index (χ1) is 11.6. The lowest BCUT2D eigenvalue weighted by molar-refractivity contribution is -0.125. The third kappa shape index (κ3) is 4.34. The highest BCUT2D eigenvalue weighted by Crippen LogP contribution is 2.33. The van der Waals surface area contributed by atoms with Crippen LogP contribution in [-0.2, 0) is 9.59 Å². The molecule has 1 aliphatic rings. The van der Waals surface area contributed by atoms with Gasteiger partial charge in [0, 0.05) is 18.5 Å². The lowest BCUT2D eigenvalue weighted by Gasteiger charge is -2.29. The van der Waals surface area contributed by atoms with Gasteiger partial charge in [0.2, 0.25) is 5.91 Å². The summed E-state index contributed by atoms with van der Waals surface area (Å²) >= 11 is 0. The predicted octanol–water partition coefficient (Wildman–Crippen LogP) is 2.31. The van der Waals surface area contributed by atoms with Gasteiger partial charge in [-0.05, 0) is 24.6 Å². The predicted molar refractivity (Wildman–Crippen MR) is 91.4 cm³/mol. The van der Waals surface area contributed by atoms with E-state index in [1.165, 1.54) is 4.90 Å². The second kappa shape index (κ2) is 8.47. The number of amides is 2. The number of hydrogen-bond donors (Lipinski definition) is 1.